The minimum atomic E-state index is -0.709. The van der Waals surface area contributed by atoms with E-state index < -0.39 is 11.8 Å². The van der Waals surface area contributed by atoms with E-state index in [0.29, 0.717) is 17.3 Å². The quantitative estimate of drug-likeness (QED) is 0.771. The third-order valence-corrected chi connectivity index (χ3v) is 3.70. The largest absolute Gasteiger partial charge is 0.388 e. The van der Waals surface area contributed by atoms with Gasteiger partial charge in [-0.2, -0.15) is 0 Å². The van der Waals surface area contributed by atoms with E-state index in [2.05, 4.69) is 4.98 Å². The van der Waals surface area contributed by atoms with Crippen LogP contribution in [0.15, 0.2) is 64.2 Å². The SMILES string of the molecule is O=c1[nH]c2ccccc2c(=O)n1CCC(O)c1ccccc1. The van der Waals surface area contributed by atoms with Crippen LogP contribution in [0.4, 0.5) is 0 Å². The molecule has 0 radical (unpaired) electrons. The van der Waals surface area contributed by atoms with Crippen LogP contribution in [-0.2, 0) is 6.54 Å². The zero-order valence-electron chi connectivity index (χ0n) is 11.9. The lowest BCUT2D eigenvalue weighted by molar-refractivity contribution is 0.160. The maximum atomic E-state index is 12.4. The predicted octanol–water partition coefficient (Wildman–Crippen LogP) is 1.81. The maximum Gasteiger partial charge on any atom is 0.328 e. The second-order valence-electron chi connectivity index (χ2n) is 5.15. The molecule has 5 heteroatoms. The summed E-state index contributed by atoms with van der Waals surface area (Å²) in [6.07, 6.45) is -0.412. The van der Waals surface area contributed by atoms with Crippen LogP contribution < -0.4 is 11.2 Å². The number of aromatic nitrogens is 2. The Morgan fingerprint density at radius 3 is 2.45 bits per heavy atom. The van der Waals surface area contributed by atoms with Crippen LogP contribution in [0.5, 0.6) is 0 Å². The van der Waals surface area contributed by atoms with Crippen LogP contribution in [0.25, 0.3) is 10.9 Å². The van der Waals surface area contributed by atoms with E-state index in [9.17, 15) is 14.7 Å². The van der Waals surface area contributed by atoms with Gasteiger partial charge >= 0.3 is 5.69 Å². The molecule has 1 unspecified atom stereocenters. The number of H-pyrrole nitrogens is 1. The molecule has 5 nitrogen and oxygen atoms in total. The van der Waals surface area contributed by atoms with Gasteiger partial charge in [-0.25, -0.2) is 4.79 Å². The van der Waals surface area contributed by atoms with Gasteiger partial charge < -0.3 is 10.1 Å². The molecule has 0 aliphatic rings. The summed E-state index contributed by atoms with van der Waals surface area (Å²) >= 11 is 0. The predicted molar refractivity (Wildman–Crippen MR) is 84.8 cm³/mol. The first-order chi connectivity index (χ1) is 10.7. The standard InChI is InChI=1S/C17H16N2O3/c20-15(12-6-2-1-3-7-12)10-11-19-16(21)13-8-4-5-9-14(13)18-17(19)22/h1-9,15,20H,10-11H2,(H,18,22). The average Bonchev–Trinajstić information content (AvgIpc) is 2.55. The van der Waals surface area contributed by atoms with Gasteiger partial charge in [0, 0.05) is 6.54 Å². The zero-order valence-corrected chi connectivity index (χ0v) is 11.9. The van der Waals surface area contributed by atoms with Gasteiger partial charge in [-0.1, -0.05) is 42.5 Å². The van der Waals surface area contributed by atoms with Gasteiger partial charge in [0.05, 0.1) is 17.0 Å². The number of hydrogen-bond acceptors (Lipinski definition) is 3. The highest BCUT2D eigenvalue weighted by Crippen LogP contribution is 2.16. The van der Waals surface area contributed by atoms with Gasteiger partial charge in [0.2, 0.25) is 0 Å². The molecule has 22 heavy (non-hydrogen) atoms. The molecular formula is C17H16N2O3. The number of nitrogens with one attached hydrogen (secondary N) is 1. The fourth-order valence-electron chi connectivity index (χ4n) is 2.50. The molecule has 112 valence electrons. The second kappa shape index (κ2) is 5.99. The minimum absolute atomic E-state index is 0.162. The Labute approximate surface area is 126 Å². The molecule has 0 saturated heterocycles. The Hall–Kier alpha value is -2.66. The molecule has 0 spiro atoms. The molecule has 0 saturated carbocycles. The van der Waals surface area contributed by atoms with Crippen molar-refractivity contribution in [3.8, 4) is 0 Å². The molecule has 3 rings (SSSR count). The second-order valence-corrected chi connectivity index (χ2v) is 5.15. The van der Waals surface area contributed by atoms with Crippen LogP contribution >= 0.6 is 0 Å². The van der Waals surface area contributed by atoms with Crippen LogP contribution in [0.2, 0.25) is 0 Å². The lowest BCUT2D eigenvalue weighted by atomic mass is 10.1. The Morgan fingerprint density at radius 2 is 1.68 bits per heavy atom. The van der Waals surface area contributed by atoms with Crippen molar-refractivity contribution in [2.24, 2.45) is 0 Å². The monoisotopic (exact) mass is 296 g/mol. The summed E-state index contributed by atoms with van der Waals surface area (Å²) in [5.41, 5.74) is 0.508. The summed E-state index contributed by atoms with van der Waals surface area (Å²) in [6.45, 7) is 0.162. The topological polar surface area (TPSA) is 75.1 Å². The van der Waals surface area contributed by atoms with E-state index in [0.717, 1.165) is 10.1 Å². The van der Waals surface area contributed by atoms with E-state index in [1.54, 1.807) is 24.3 Å². The Morgan fingerprint density at radius 1 is 1.00 bits per heavy atom. The third-order valence-electron chi connectivity index (χ3n) is 3.70. The van der Waals surface area contributed by atoms with Crippen molar-refractivity contribution in [3.05, 3.63) is 81.0 Å². The summed E-state index contributed by atoms with van der Waals surface area (Å²) in [4.78, 5) is 27.1. The van der Waals surface area contributed by atoms with Crippen molar-refractivity contribution in [2.45, 2.75) is 19.1 Å². The third kappa shape index (κ3) is 2.71. The maximum absolute atomic E-state index is 12.4. The normalized spacial score (nSPS) is 12.4. The lowest BCUT2D eigenvalue weighted by Gasteiger charge is -2.12. The molecule has 0 fully saturated rings. The number of para-hydroxylation sites is 1. The first-order valence-electron chi connectivity index (χ1n) is 7.11. The summed E-state index contributed by atoms with van der Waals surface area (Å²) < 4.78 is 1.13. The molecule has 0 bridgehead atoms. The van der Waals surface area contributed by atoms with E-state index in [1.807, 2.05) is 30.3 Å². The van der Waals surface area contributed by atoms with Gasteiger partial charge in [0.1, 0.15) is 0 Å². The number of aliphatic hydroxyl groups is 1. The number of aromatic amines is 1. The molecule has 0 aliphatic heterocycles. The number of nitrogens with zero attached hydrogens (tertiary/aromatic N) is 1. The van der Waals surface area contributed by atoms with E-state index in [-0.39, 0.29) is 12.1 Å². The molecule has 3 aromatic rings. The Kier molecular flexibility index (Phi) is 3.89. The smallest absolute Gasteiger partial charge is 0.328 e. The molecule has 2 aromatic carbocycles. The summed E-state index contributed by atoms with van der Waals surface area (Å²) in [6, 6.07) is 16.1. The molecule has 0 amide bonds. The van der Waals surface area contributed by atoms with Crippen LogP contribution in [-0.4, -0.2) is 14.7 Å². The molecular weight excluding hydrogens is 280 g/mol. The minimum Gasteiger partial charge on any atom is -0.388 e. The van der Waals surface area contributed by atoms with E-state index in [1.165, 1.54) is 0 Å². The van der Waals surface area contributed by atoms with Gasteiger partial charge in [-0.05, 0) is 24.1 Å². The number of benzene rings is 2. The van der Waals surface area contributed by atoms with Crippen LogP contribution in [0.3, 0.4) is 0 Å². The first kappa shape index (κ1) is 14.3. The van der Waals surface area contributed by atoms with Crippen LogP contribution in [0.1, 0.15) is 18.1 Å². The van der Waals surface area contributed by atoms with Crippen molar-refractivity contribution in [3.63, 3.8) is 0 Å². The number of aliphatic hydroxyl groups excluding tert-OH is 1. The van der Waals surface area contributed by atoms with Gasteiger partial charge in [0.15, 0.2) is 0 Å². The van der Waals surface area contributed by atoms with Crippen molar-refractivity contribution in [2.75, 3.05) is 0 Å². The van der Waals surface area contributed by atoms with Crippen LogP contribution in [0, 0.1) is 0 Å². The highest BCUT2D eigenvalue weighted by atomic mass is 16.3. The molecule has 1 atom stereocenters. The van der Waals surface area contributed by atoms with Crippen molar-refractivity contribution in [1.82, 2.24) is 9.55 Å². The summed E-state index contributed by atoms with van der Waals surface area (Å²) in [5, 5.41) is 10.6. The van der Waals surface area contributed by atoms with E-state index in [4.69, 9.17) is 0 Å². The number of rotatable bonds is 4. The Bertz CT molecular complexity index is 897. The number of hydrogen-bond donors (Lipinski definition) is 2. The highest BCUT2D eigenvalue weighted by Gasteiger charge is 2.11. The molecule has 0 aliphatic carbocycles. The van der Waals surface area contributed by atoms with Gasteiger partial charge in [-0.15, -0.1) is 0 Å². The van der Waals surface area contributed by atoms with Gasteiger partial charge in [-0.3, -0.25) is 9.36 Å². The number of fused-ring (bicyclic) bond motifs is 1. The fourth-order valence-corrected chi connectivity index (χ4v) is 2.50. The van der Waals surface area contributed by atoms with Gasteiger partial charge in [0.25, 0.3) is 5.56 Å². The van der Waals surface area contributed by atoms with Crippen molar-refractivity contribution < 1.29 is 5.11 Å². The lowest BCUT2D eigenvalue weighted by Crippen LogP contribution is -2.35. The molecule has 1 heterocycles. The average molecular weight is 296 g/mol. The fraction of sp³-hybridized carbons (Fsp3) is 0.176. The zero-order chi connectivity index (χ0) is 15.5. The van der Waals surface area contributed by atoms with Crippen molar-refractivity contribution >= 4 is 10.9 Å². The summed E-state index contributed by atoms with van der Waals surface area (Å²) in [5.74, 6) is 0. The highest BCUT2D eigenvalue weighted by molar-refractivity contribution is 5.76. The molecule has 1 aromatic heterocycles. The Balaban J connectivity index is 1.88. The van der Waals surface area contributed by atoms with E-state index >= 15 is 0 Å². The first-order valence-corrected chi connectivity index (χ1v) is 7.11. The van der Waals surface area contributed by atoms with Crippen molar-refractivity contribution in [1.29, 1.82) is 0 Å². The molecule has 2 N–H and O–H groups in total. The summed E-state index contributed by atoms with van der Waals surface area (Å²) in [7, 11) is 0.